The lowest BCUT2D eigenvalue weighted by molar-refractivity contribution is -0.00194. The molecule has 0 unspecified atom stereocenters. The fraction of sp³-hybridized carbons (Fsp3) is 1.00. The summed E-state index contributed by atoms with van der Waals surface area (Å²) in [6.45, 7) is 0. The third kappa shape index (κ3) is 7.04. The molecule has 0 saturated heterocycles. The first-order valence-electron chi connectivity index (χ1n) is 9.68. The van der Waals surface area contributed by atoms with Crippen LogP contribution in [-0.4, -0.2) is 56.5 Å². The molecule has 2 aliphatic carbocycles. The molecule has 0 aromatic heterocycles. The summed E-state index contributed by atoms with van der Waals surface area (Å²) in [5, 5.41) is 22.0. The Bertz CT molecular complexity index is 305. The summed E-state index contributed by atoms with van der Waals surface area (Å²) in [7, 11) is 0. The number of nitrogens with two attached hydrogens (primary N) is 2. The normalized spacial score (nSPS) is 26.0. The van der Waals surface area contributed by atoms with E-state index in [1.807, 2.05) is 23.5 Å². The molecule has 6 heteroatoms. The highest BCUT2D eigenvalue weighted by molar-refractivity contribution is 8.00. The van der Waals surface area contributed by atoms with E-state index >= 15 is 0 Å². The smallest absolute Gasteiger partial charge is 0.0973 e. The Morgan fingerprint density at radius 2 is 1.00 bits per heavy atom. The first kappa shape index (κ1) is 20.8. The van der Waals surface area contributed by atoms with Crippen molar-refractivity contribution in [2.45, 2.75) is 99.0 Å². The minimum absolute atomic E-state index is 0.405. The molecule has 4 atom stereocenters. The standard InChI is InChI=1S/C18H36N2O2S2/c19-15(11-23-13-7-3-1-4-8-13)17(21)18(22)16(20)12-24-14-9-5-2-6-10-14/h13-18,21-22H,1-12,19-20H2/t15-,16-,17+,18+/m0/s1. The number of thioether (sulfide) groups is 2. The number of rotatable bonds is 9. The van der Waals surface area contributed by atoms with Gasteiger partial charge in [-0.1, -0.05) is 38.5 Å². The Labute approximate surface area is 155 Å². The second-order valence-corrected chi connectivity index (χ2v) is 10.2. The van der Waals surface area contributed by atoms with E-state index in [4.69, 9.17) is 11.5 Å². The van der Waals surface area contributed by atoms with E-state index < -0.39 is 24.3 Å². The van der Waals surface area contributed by atoms with Crippen LogP contribution in [-0.2, 0) is 0 Å². The van der Waals surface area contributed by atoms with Gasteiger partial charge in [-0.05, 0) is 25.7 Å². The highest BCUT2D eigenvalue weighted by atomic mass is 32.2. The molecule has 0 heterocycles. The maximum absolute atomic E-state index is 10.3. The highest BCUT2D eigenvalue weighted by Gasteiger charge is 2.30. The maximum atomic E-state index is 10.3. The van der Waals surface area contributed by atoms with Gasteiger partial charge >= 0.3 is 0 Å². The molecule has 0 bridgehead atoms. The zero-order chi connectivity index (χ0) is 17.4. The van der Waals surface area contributed by atoms with Crippen LogP contribution in [0.25, 0.3) is 0 Å². The van der Waals surface area contributed by atoms with Gasteiger partial charge in [0.1, 0.15) is 0 Å². The van der Waals surface area contributed by atoms with Crippen molar-refractivity contribution < 1.29 is 10.2 Å². The van der Waals surface area contributed by atoms with Crippen LogP contribution >= 0.6 is 23.5 Å². The van der Waals surface area contributed by atoms with Crippen molar-refractivity contribution >= 4 is 23.5 Å². The lowest BCUT2D eigenvalue weighted by Crippen LogP contribution is -2.53. The molecule has 0 radical (unpaired) electrons. The summed E-state index contributed by atoms with van der Waals surface area (Å²) in [5.41, 5.74) is 12.2. The van der Waals surface area contributed by atoms with Crippen LogP contribution in [0.3, 0.4) is 0 Å². The molecule has 0 amide bonds. The lowest BCUT2D eigenvalue weighted by atomic mass is 10.0. The summed E-state index contributed by atoms with van der Waals surface area (Å²) in [6.07, 6.45) is 11.1. The van der Waals surface area contributed by atoms with Crippen molar-refractivity contribution in [2.75, 3.05) is 11.5 Å². The largest absolute Gasteiger partial charge is 0.389 e. The average Bonchev–Trinajstić information content (AvgIpc) is 2.64. The van der Waals surface area contributed by atoms with Crippen molar-refractivity contribution in [1.29, 1.82) is 0 Å². The number of hydrogen-bond donors (Lipinski definition) is 4. The van der Waals surface area contributed by atoms with E-state index in [0.29, 0.717) is 22.0 Å². The summed E-state index contributed by atoms with van der Waals surface area (Å²) in [6, 6.07) is -0.810. The van der Waals surface area contributed by atoms with Crippen LogP contribution in [0.1, 0.15) is 64.2 Å². The molecular weight excluding hydrogens is 340 g/mol. The Kier molecular flexibility index (Phi) is 9.81. The van der Waals surface area contributed by atoms with E-state index in [9.17, 15) is 10.2 Å². The zero-order valence-corrected chi connectivity index (χ0v) is 16.4. The molecule has 24 heavy (non-hydrogen) atoms. The van der Waals surface area contributed by atoms with E-state index in [-0.39, 0.29) is 0 Å². The minimum atomic E-state index is -0.928. The van der Waals surface area contributed by atoms with Crippen molar-refractivity contribution in [3.63, 3.8) is 0 Å². The first-order chi connectivity index (χ1) is 11.6. The number of aliphatic hydroxyl groups is 2. The molecule has 142 valence electrons. The monoisotopic (exact) mass is 376 g/mol. The van der Waals surface area contributed by atoms with E-state index in [0.717, 1.165) is 0 Å². The van der Waals surface area contributed by atoms with Crippen molar-refractivity contribution in [2.24, 2.45) is 11.5 Å². The summed E-state index contributed by atoms with van der Waals surface area (Å²) < 4.78 is 0. The van der Waals surface area contributed by atoms with Gasteiger partial charge in [-0.3, -0.25) is 0 Å². The van der Waals surface area contributed by atoms with Crippen molar-refractivity contribution in [3.05, 3.63) is 0 Å². The Hall–Kier alpha value is 0.540. The van der Waals surface area contributed by atoms with E-state index in [1.165, 1.54) is 64.2 Å². The molecule has 6 N–H and O–H groups in total. The molecular formula is C18H36N2O2S2. The SMILES string of the molecule is N[C@@H](CSC1CCCCC1)[C@@H](O)[C@H](O)[C@@H](N)CSC1CCCCC1. The van der Waals surface area contributed by atoms with E-state index in [1.54, 1.807) is 0 Å². The van der Waals surface area contributed by atoms with Crippen LogP contribution in [0.4, 0.5) is 0 Å². The van der Waals surface area contributed by atoms with Crippen LogP contribution < -0.4 is 11.5 Å². The second kappa shape index (κ2) is 11.3. The van der Waals surface area contributed by atoms with Crippen LogP contribution in [0.15, 0.2) is 0 Å². The minimum Gasteiger partial charge on any atom is -0.389 e. The number of aliphatic hydroxyl groups excluding tert-OH is 2. The molecule has 0 aromatic rings. The van der Waals surface area contributed by atoms with Gasteiger partial charge in [-0.25, -0.2) is 0 Å². The van der Waals surface area contributed by atoms with Crippen molar-refractivity contribution in [3.8, 4) is 0 Å². The summed E-state index contributed by atoms with van der Waals surface area (Å²) in [5.74, 6) is 1.40. The van der Waals surface area contributed by atoms with Gasteiger partial charge in [0.15, 0.2) is 0 Å². The lowest BCUT2D eigenvalue weighted by Gasteiger charge is -2.30. The molecule has 2 saturated carbocycles. The average molecular weight is 377 g/mol. The zero-order valence-electron chi connectivity index (χ0n) is 14.8. The predicted molar refractivity (Wildman–Crippen MR) is 107 cm³/mol. The van der Waals surface area contributed by atoms with Crippen LogP contribution in [0.5, 0.6) is 0 Å². The first-order valence-corrected chi connectivity index (χ1v) is 11.8. The van der Waals surface area contributed by atoms with Gasteiger partial charge in [0, 0.05) is 34.1 Å². The third-order valence-electron chi connectivity index (χ3n) is 5.38. The molecule has 0 aromatic carbocycles. The molecule has 4 nitrogen and oxygen atoms in total. The molecule has 2 aliphatic rings. The molecule has 0 spiro atoms. The van der Waals surface area contributed by atoms with Crippen LogP contribution in [0.2, 0.25) is 0 Å². The van der Waals surface area contributed by atoms with E-state index in [2.05, 4.69) is 0 Å². The van der Waals surface area contributed by atoms with Gasteiger partial charge in [0.25, 0.3) is 0 Å². The fourth-order valence-electron chi connectivity index (χ4n) is 3.66. The fourth-order valence-corrected chi connectivity index (χ4v) is 6.38. The Morgan fingerprint density at radius 1 is 0.667 bits per heavy atom. The Morgan fingerprint density at radius 3 is 1.33 bits per heavy atom. The molecule has 0 aliphatic heterocycles. The summed E-state index contributed by atoms with van der Waals surface area (Å²) >= 11 is 3.71. The summed E-state index contributed by atoms with van der Waals surface area (Å²) in [4.78, 5) is 0. The quantitative estimate of drug-likeness (QED) is 0.494. The topological polar surface area (TPSA) is 92.5 Å². The highest BCUT2D eigenvalue weighted by Crippen LogP contribution is 2.30. The molecule has 2 fully saturated rings. The van der Waals surface area contributed by atoms with Crippen LogP contribution in [0, 0.1) is 0 Å². The van der Waals surface area contributed by atoms with Gasteiger partial charge < -0.3 is 21.7 Å². The second-order valence-electron chi connectivity index (χ2n) is 7.50. The van der Waals surface area contributed by atoms with Gasteiger partial charge in [-0.15, -0.1) is 0 Å². The molecule has 2 rings (SSSR count). The van der Waals surface area contributed by atoms with Crippen molar-refractivity contribution in [1.82, 2.24) is 0 Å². The van der Waals surface area contributed by atoms with Gasteiger partial charge in [0.05, 0.1) is 12.2 Å². The Balaban J connectivity index is 1.65. The maximum Gasteiger partial charge on any atom is 0.0973 e. The van der Waals surface area contributed by atoms with Gasteiger partial charge in [-0.2, -0.15) is 23.5 Å². The predicted octanol–water partition coefficient (Wildman–Crippen LogP) is 2.49. The number of hydrogen-bond acceptors (Lipinski definition) is 6. The third-order valence-corrected chi connectivity index (χ3v) is 8.42. The van der Waals surface area contributed by atoms with Gasteiger partial charge in [0.2, 0.25) is 0 Å².